The van der Waals surface area contributed by atoms with Crippen LogP contribution in [0.4, 0.5) is 0 Å². The van der Waals surface area contributed by atoms with E-state index in [4.69, 9.17) is 10.2 Å². The molecule has 0 aliphatic carbocycles. The molecule has 0 radical (unpaired) electrons. The fourth-order valence-corrected chi connectivity index (χ4v) is 2.13. The molecule has 3 aromatic rings. The first-order valence-electron chi connectivity index (χ1n) is 6.11. The lowest BCUT2D eigenvalue weighted by Gasteiger charge is -1.98. The SMILES string of the molecule is O=C(O)c1cccc(-c2cn3cccc(C(=O)O)c3n2)c1. The summed E-state index contributed by atoms with van der Waals surface area (Å²) < 4.78 is 1.60. The summed E-state index contributed by atoms with van der Waals surface area (Å²) in [5.41, 5.74) is 1.71. The third-order valence-electron chi connectivity index (χ3n) is 3.12. The monoisotopic (exact) mass is 282 g/mol. The molecule has 2 N–H and O–H groups in total. The van der Waals surface area contributed by atoms with E-state index < -0.39 is 11.9 Å². The second-order valence-electron chi connectivity index (χ2n) is 4.47. The summed E-state index contributed by atoms with van der Waals surface area (Å²) in [6, 6.07) is 9.45. The molecule has 0 atom stereocenters. The smallest absolute Gasteiger partial charge is 0.339 e. The highest BCUT2D eigenvalue weighted by Gasteiger charge is 2.13. The zero-order valence-corrected chi connectivity index (χ0v) is 10.7. The molecule has 6 heteroatoms. The van der Waals surface area contributed by atoms with E-state index in [9.17, 15) is 9.59 Å². The predicted molar refractivity (Wildman–Crippen MR) is 74.5 cm³/mol. The number of imidazole rings is 1. The third kappa shape index (κ3) is 2.23. The van der Waals surface area contributed by atoms with Crippen molar-refractivity contribution < 1.29 is 19.8 Å². The molecule has 0 aliphatic rings. The molecule has 6 nitrogen and oxygen atoms in total. The lowest BCUT2D eigenvalue weighted by Crippen LogP contribution is -1.99. The Bertz CT molecular complexity index is 867. The summed E-state index contributed by atoms with van der Waals surface area (Å²) in [6.45, 7) is 0. The molecule has 3 rings (SSSR count). The molecule has 0 fully saturated rings. The van der Waals surface area contributed by atoms with E-state index in [0.717, 1.165) is 0 Å². The van der Waals surface area contributed by atoms with Gasteiger partial charge in [0.1, 0.15) is 5.56 Å². The van der Waals surface area contributed by atoms with Gasteiger partial charge in [-0.15, -0.1) is 0 Å². The summed E-state index contributed by atoms with van der Waals surface area (Å²) >= 11 is 0. The van der Waals surface area contributed by atoms with Gasteiger partial charge in [-0.05, 0) is 24.3 Å². The normalized spacial score (nSPS) is 10.7. The summed E-state index contributed by atoms with van der Waals surface area (Å²) in [4.78, 5) is 26.5. The summed E-state index contributed by atoms with van der Waals surface area (Å²) in [5.74, 6) is -2.08. The number of carboxylic acid groups (broad SMARTS) is 2. The highest BCUT2D eigenvalue weighted by Crippen LogP contribution is 2.22. The molecule has 1 aromatic carbocycles. The number of rotatable bonds is 3. The van der Waals surface area contributed by atoms with Crippen molar-refractivity contribution in [1.29, 1.82) is 0 Å². The van der Waals surface area contributed by atoms with Gasteiger partial charge in [-0.25, -0.2) is 14.6 Å². The average molecular weight is 282 g/mol. The zero-order valence-electron chi connectivity index (χ0n) is 10.7. The van der Waals surface area contributed by atoms with Crippen molar-refractivity contribution in [1.82, 2.24) is 9.38 Å². The van der Waals surface area contributed by atoms with E-state index in [1.165, 1.54) is 18.2 Å². The second kappa shape index (κ2) is 4.75. The van der Waals surface area contributed by atoms with Crippen LogP contribution in [0.2, 0.25) is 0 Å². The van der Waals surface area contributed by atoms with Crippen LogP contribution in [-0.4, -0.2) is 31.5 Å². The van der Waals surface area contributed by atoms with Crippen LogP contribution >= 0.6 is 0 Å². The van der Waals surface area contributed by atoms with Crippen LogP contribution < -0.4 is 0 Å². The molecule has 0 bridgehead atoms. The van der Waals surface area contributed by atoms with Gasteiger partial charge >= 0.3 is 11.9 Å². The van der Waals surface area contributed by atoms with Crippen molar-refractivity contribution in [3.63, 3.8) is 0 Å². The number of hydrogen-bond acceptors (Lipinski definition) is 3. The maximum atomic E-state index is 11.2. The Balaban J connectivity index is 2.18. The predicted octanol–water partition coefficient (Wildman–Crippen LogP) is 2.40. The van der Waals surface area contributed by atoms with Gasteiger partial charge in [-0.1, -0.05) is 12.1 Å². The van der Waals surface area contributed by atoms with Crippen molar-refractivity contribution in [2.24, 2.45) is 0 Å². The molecule has 0 amide bonds. The largest absolute Gasteiger partial charge is 0.478 e. The highest BCUT2D eigenvalue weighted by atomic mass is 16.4. The average Bonchev–Trinajstić information content (AvgIpc) is 2.91. The first-order valence-corrected chi connectivity index (χ1v) is 6.11. The maximum absolute atomic E-state index is 11.2. The van der Waals surface area contributed by atoms with E-state index in [-0.39, 0.29) is 11.1 Å². The van der Waals surface area contributed by atoms with Crippen molar-refractivity contribution in [3.05, 3.63) is 59.9 Å². The number of carbonyl (C=O) groups is 2. The zero-order chi connectivity index (χ0) is 15.0. The Morgan fingerprint density at radius 2 is 1.86 bits per heavy atom. The highest BCUT2D eigenvalue weighted by molar-refractivity contribution is 5.95. The van der Waals surface area contributed by atoms with Crippen molar-refractivity contribution >= 4 is 17.6 Å². The summed E-state index contributed by atoms with van der Waals surface area (Å²) in [7, 11) is 0. The minimum Gasteiger partial charge on any atom is -0.478 e. The topological polar surface area (TPSA) is 91.9 Å². The van der Waals surface area contributed by atoms with Gasteiger partial charge in [-0.2, -0.15) is 0 Å². The molecule has 104 valence electrons. The lowest BCUT2D eigenvalue weighted by atomic mass is 10.1. The van der Waals surface area contributed by atoms with Crippen molar-refractivity contribution in [3.8, 4) is 11.3 Å². The van der Waals surface area contributed by atoms with Crippen molar-refractivity contribution in [2.75, 3.05) is 0 Å². The molecule has 2 heterocycles. The first kappa shape index (κ1) is 12.9. The van der Waals surface area contributed by atoms with Crippen LogP contribution in [-0.2, 0) is 0 Å². The first-order chi connectivity index (χ1) is 10.1. The number of nitrogens with zero attached hydrogens (tertiary/aromatic N) is 2. The number of aromatic carboxylic acids is 2. The number of fused-ring (bicyclic) bond motifs is 1. The summed E-state index contributed by atoms with van der Waals surface area (Å²) in [5, 5.41) is 18.2. The minimum atomic E-state index is -1.06. The van der Waals surface area contributed by atoms with Gasteiger partial charge < -0.3 is 14.6 Å². The van der Waals surface area contributed by atoms with Gasteiger partial charge in [-0.3, -0.25) is 0 Å². The maximum Gasteiger partial charge on any atom is 0.339 e. The van der Waals surface area contributed by atoms with Crippen LogP contribution in [0, 0.1) is 0 Å². The van der Waals surface area contributed by atoms with E-state index in [2.05, 4.69) is 4.98 Å². The Morgan fingerprint density at radius 1 is 1.05 bits per heavy atom. The van der Waals surface area contributed by atoms with Crippen LogP contribution in [0.5, 0.6) is 0 Å². The molecular weight excluding hydrogens is 272 g/mol. The number of hydrogen-bond donors (Lipinski definition) is 2. The van der Waals surface area contributed by atoms with E-state index >= 15 is 0 Å². The molecule has 21 heavy (non-hydrogen) atoms. The fraction of sp³-hybridized carbons (Fsp3) is 0. The van der Waals surface area contributed by atoms with Crippen LogP contribution in [0.3, 0.4) is 0 Å². The van der Waals surface area contributed by atoms with Gasteiger partial charge in [0, 0.05) is 18.0 Å². The standard InChI is InChI=1S/C15H10N2O4/c18-14(19)10-4-1-3-9(7-10)12-8-17-6-2-5-11(15(20)21)13(17)16-12/h1-8H,(H,18,19)(H,20,21). The van der Waals surface area contributed by atoms with Gasteiger partial charge in [0.2, 0.25) is 0 Å². The second-order valence-corrected chi connectivity index (χ2v) is 4.47. The molecule has 0 spiro atoms. The summed E-state index contributed by atoms with van der Waals surface area (Å²) in [6.07, 6.45) is 3.36. The van der Waals surface area contributed by atoms with E-state index in [1.807, 2.05) is 0 Å². The van der Waals surface area contributed by atoms with Crippen LogP contribution in [0.1, 0.15) is 20.7 Å². The van der Waals surface area contributed by atoms with Crippen LogP contribution in [0.15, 0.2) is 48.8 Å². The molecule has 2 aromatic heterocycles. The van der Waals surface area contributed by atoms with E-state index in [0.29, 0.717) is 16.9 Å². The molecule has 0 saturated heterocycles. The number of benzene rings is 1. The molecule has 0 aliphatic heterocycles. The third-order valence-corrected chi connectivity index (χ3v) is 3.12. The number of aromatic nitrogens is 2. The minimum absolute atomic E-state index is 0.0955. The van der Waals surface area contributed by atoms with Gasteiger partial charge in [0.25, 0.3) is 0 Å². The van der Waals surface area contributed by atoms with Gasteiger partial charge in [0.05, 0.1) is 11.3 Å². The number of pyridine rings is 1. The quantitative estimate of drug-likeness (QED) is 0.769. The number of carboxylic acids is 2. The van der Waals surface area contributed by atoms with Crippen LogP contribution in [0.25, 0.3) is 16.9 Å². The Morgan fingerprint density at radius 3 is 2.57 bits per heavy atom. The van der Waals surface area contributed by atoms with Crippen molar-refractivity contribution in [2.45, 2.75) is 0 Å². The fourth-order valence-electron chi connectivity index (χ4n) is 2.13. The Labute approximate surface area is 118 Å². The van der Waals surface area contributed by atoms with Gasteiger partial charge in [0.15, 0.2) is 5.65 Å². The Kier molecular flexibility index (Phi) is 2.91. The molecule has 0 unspecified atom stereocenters. The molecule has 0 saturated carbocycles. The Hall–Kier alpha value is -3.15. The lowest BCUT2D eigenvalue weighted by molar-refractivity contribution is 0.0686. The molecular formula is C15H10N2O4. The van der Waals surface area contributed by atoms with E-state index in [1.54, 1.807) is 35.0 Å².